The van der Waals surface area contributed by atoms with Crippen molar-refractivity contribution < 1.29 is 0 Å². The van der Waals surface area contributed by atoms with E-state index in [1.54, 1.807) is 18.1 Å². The zero-order chi connectivity index (χ0) is 12.1. The van der Waals surface area contributed by atoms with Crippen molar-refractivity contribution in [2.75, 3.05) is 11.6 Å². The van der Waals surface area contributed by atoms with Crippen molar-refractivity contribution in [3.05, 3.63) is 12.4 Å². The van der Waals surface area contributed by atoms with Gasteiger partial charge in [0.15, 0.2) is 0 Å². The molecule has 1 aromatic heterocycles. The molecule has 1 heterocycles. The number of aromatic nitrogens is 2. The van der Waals surface area contributed by atoms with Gasteiger partial charge in [-0.1, -0.05) is 26.2 Å². The van der Waals surface area contributed by atoms with Gasteiger partial charge in [-0.05, 0) is 25.0 Å². The SMILES string of the molecule is CCC1CCCCC1Nc1cc(SC)ncn1. The van der Waals surface area contributed by atoms with Crippen LogP contribution in [0.5, 0.6) is 0 Å². The molecule has 0 radical (unpaired) electrons. The highest BCUT2D eigenvalue weighted by Crippen LogP contribution is 2.29. The highest BCUT2D eigenvalue weighted by atomic mass is 32.2. The summed E-state index contributed by atoms with van der Waals surface area (Å²) in [5, 5.41) is 4.63. The monoisotopic (exact) mass is 251 g/mol. The average molecular weight is 251 g/mol. The molecule has 1 aliphatic rings. The molecule has 2 unspecified atom stereocenters. The van der Waals surface area contributed by atoms with Crippen molar-refractivity contribution in [1.82, 2.24) is 9.97 Å². The van der Waals surface area contributed by atoms with Crippen LogP contribution in [0.25, 0.3) is 0 Å². The molecule has 94 valence electrons. The Bertz CT molecular complexity index is 356. The van der Waals surface area contributed by atoms with Gasteiger partial charge in [-0.25, -0.2) is 9.97 Å². The van der Waals surface area contributed by atoms with Crippen molar-refractivity contribution in [1.29, 1.82) is 0 Å². The third-order valence-corrected chi connectivity index (χ3v) is 4.26. The van der Waals surface area contributed by atoms with Crippen LogP contribution < -0.4 is 5.32 Å². The van der Waals surface area contributed by atoms with Gasteiger partial charge in [0.05, 0.1) is 0 Å². The third kappa shape index (κ3) is 3.35. The summed E-state index contributed by atoms with van der Waals surface area (Å²) in [6.45, 7) is 2.29. The van der Waals surface area contributed by atoms with Crippen LogP contribution in [-0.2, 0) is 0 Å². The minimum absolute atomic E-state index is 0.596. The lowest BCUT2D eigenvalue weighted by Crippen LogP contribution is -2.32. The highest BCUT2D eigenvalue weighted by molar-refractivity contribution is 7.98. The number of hydrogen-bond donors (Lipinski definition) is 1. The molecule has 1 fully saturated rings. The topological polar surface area (TPSA) is 37.8 Å². The van der Waals surface area contributed by atoms with E-state index in [-0.39, 0.29) is 0 Å². The van der Waals surface area contributed by atoms with Crippen molar-refractivity contribution in [2.45, 2.75) is 50.1 Å². The van der Waals surface area contributed by atoms with Gasteiger partial charge >= 0.3 is 0 Å². The average Bonchev–Trinajstić information content (AvgIpc) is 2.39. The molecular weight excluding hydrogens is 230 g/mol. The smallest absolute Gasteiger partial charge is 0.130 e. The molecule has 1 aliphatic carbocycles. The first-order valence-electron chi connectivity index (χ1n) is 6.46. The molecule has 1 saturated carbocycles. The molecule has 4 heteroatoms. The first-order valence-corrected chi connectivity index (χ1v) is 7.68. The normalized spacial score (nSPS) is 24.6. The van der Waals surface area contributed by atoms with Crippen molar-refractivity contribution in [3.8, 4) is 0 Å². The summed E-state index contributed by atoms with van der Waals surface area (Å²) in [6.07, 6.45) is 10.3. The molecule has 3 nitrogen and oxygen atoms in total. The van der Waals surface area contributed by atoms with E-state index in [1.807, 2.05) is 12.3 Å². The van der Waals surface area contributed by atoms with Crippen LogP contribution in [0.1, 0.15) is 39.0 Å². The summed E-state index contributed by atoms with van der Waals surface area (Å²) in [7, 11) is 0. The van der Waals surface area contributed by atoms with Gasteiger partial charge in [0.2, 0.25) is 0 Å². The number of thioether (sulfide) groups is 1. The molecule has 1 aromatic rings. The van der Waals surface area contributed by atoms with E-state index in [1.165, 1.54) is 32.1 Å². The molecule has 0 aromatic carbocycles. The van der Waals surface area contributed by atoms with E-state index in [0.717, 1.165) is 16.8 Å². The van der Waals surface area contributed by atoms with Crippen molar-refractivity contribution >= 4 is 17.6 Å². The second-order valence-corrected chi connectivity index (χ2v) is 5.48. The van der Waals surface area contributed by atoms with Gasteiger partial charge in [-0.2, -0.15) is 0 Å². The molecule has 0 spiro atoms. The number of rotatable bonds is 4. The van der Waals surface area contributed by atoms with Crippen LogP contribution in [0, 0.1) is 5.92 Å². The Labute approximate surface area is 108 Å². The highest BCUT2D eigenvalue weighted by Gasteiger charge is 2.23. The molecule has 0 aliphatic heterocycles. The molecule has 2 atom stereocenters. The molecular formula is C13H21N3S. The lowest BCUT2D eigenvalue weighted by molar-refractivity contribution is 0.317. The number of anilines is 1. The van der Waals surface area contributed by atoms with Crippen molar-refractivity contribution in [2.24, 2.45) is 5.92 Å². The van der Waals surface area contributed by atoms with Gasteiger partial charge in [0.25, 0.3) is 0 Å². The lowest BCUT2D eigenvalue weighted by atomic mass is 9.83. The predicted octanol–water partition coefficient (Wildman–Crippen LogP) is 3.58. The minimum atomic E-state index is 0.596. The number of nitrogens with one attached hydrogen (secondary N) is 1. The zero-order valence-corrected chi connectivity index (χ0v) is 11.5. The van der Waals surface area contributed by atoms with E-state index in [9.17, 15) is 0 Å². The molecule has 0 saturated heterocycles. The second-order valence-electron chi connectivity index (χ2n) is 4.65. The van der Waals surface area contributed by atoms with Crippen LogP contribution in [-0.4, -0.2) is 22.3 Å². The molecule has 2 rings (SSSR count). The summed E-state index contributed by atoms with van der Waals surface area (Å²) < 4.78 is 0. The number of hydrogen-bond acceptors (Lipinski definition) is 4. The maximum atomic E-state index is 4.31. The van der Waals surface area contributed by atoms with E-state index in [0.29, 0.717) is 6.04 Å². The Hall–Kier alpha value is -0.770. The molecule has 17 heavy (non-hydrogen) atoms. The standard InChI is InChI=1S/C13H21N3S/c1-3-10-6-4-5-7-11(10)16-12-8-13(17-2)15-9-14-12/h8-11H,3-7H2,1-2H3,(H,14,15,16). The lowest BCUT2D eigenvalue weighted by Gasteiger charge is -2.31. The molecule has 1 N–H and O–H groups in total. The fraction of sp³-hybridized carbons (Fsp3) is 0.692. The van der Waals surface area contributed by atoms with E-state index < -0.39 is 0 Å². The molecule has 0 bridgehead atoms. The summed E-state index contributed by atoms with van der Waals surface area (Å²) >= 11 is 1.66. The maximum Gasteiger partial charge on any atom is 0.130 e. The third-order valence-electron chi connectivity index (χ3n) is 3.62. The quantitative estimate of drug-likeness (QED) is 0.655. The predicted molar refractivity (Wildman–Crippen MR) is 73.5 cm³/mol. The first kappa shape index (κ1) is 12.7. The maximum absolute atomic E-state index is 4.31. The van der Waals surface area contributed by atoms with Gasteiger partial charge in [-0.3, -0.25) is 0 Å². The summed E-state index contributed by atoms with van der Waals surface area (Å²) in [4.78, 5) is 8.52. The van der Waals surface area contributed by atoms with Gasteiger partial charge < -0.3 is 5.32 Å². The van der Waals surface area contributed by atoms with Crippen LogP contribution in [0.2, 0.25) is 0 Å². The summed E-state index contributed by atoms with van der Waals surface area (Å²) in [5.74, 6) is 1.78. The zero-order valence-electron chi connectivity index (χ0n) is 10.6. The van der Waals surface area contributed by atoms with Crippen LogP contribution in [0.15, 0.2) is 17.4 Å². The summed E-state index contributed by atoms with van der Waals surface area (Å²) in [6, 6.07) is 2.64. The minimum Gasteiger partial charge on any atom is -0.367 e. The second kappa shape index (κ2) is 6.24. The Morgan fingerprint density at radius 2 is 2.18 bits per heavy atom. The van der Waals surface area contributed by atoms with E-state index in [4.69, 9.17) is 0 Å². The fourth-order valence-electron chi connectivity index (χ4n) is 2.61. The first-order chi connectivity index (χ1) is 8.33. The number of nitrogens with zero attached hydrogens (tertiary/aromatic N) is 2. The Kier molecular flexibility index (Phi) is 4.66. The summed E-state index contributed by atoms with van der Waals surface area (Å²) in [5.41, 5.74) is 0. The Morgan fingerprint density at radius 3 is 2.94 bits per heavy atom. The van der Waals surface area contributed by atoms with Crippen LogP contribution in [0.4, 0.5) is 5.82 Å². The Balaban J connectivity index is 2.02. The van der Waals surface area contributed by atoms with Gasteiger partial charge in [-0.15, -0.1) is 11.8 Å². The van der Waals surface area contributed by atoms with Gasteiger partial charge in [0, 0.05) is 12.1 Å². The fourth-order valence-corrected chi connectivity index (χ4v) is 2.99. The molecule has 0 amide bonds. The van der Waals surface area contributed by atoms with Crippen LogP contribution in [0.3, 0.4) is 0 Å². The van der Waals surface area contributed by atoms with E-state index >= 15 is 0 Å². The van der Waals surface area contributed by atoms with Crippen molar-refractivity contribution in [3.63, 3.8) is 0 Å². The largest absolute Gasteiger partial charge is 0.367 e. The van der Waals surface area contributed by atoms with Crippen LogP contribution >= 0.6 is 11.8 Å². The van der Waals surface area contributed by atoms with E-state index in [2.05, 4.69) is 22.2 Å². The Morgan fingerprint density at radius 1 is 1.35 bits per heavy atom. The van der Waals surface area contributed by atoms with Gasteiger partial charge in [0.1, 0.15) is 17.2 Å².